The Morgan fingerprint density at radius 1 is 1.13 bits per heavy atom. The van der Waals surface area contributed by atoms with Crippen molar-refractivity contribution in [1.82, 2.24) is 19.9 Å². The van der Waals surface area contributed by atoms with Crippen LogP contribution >= 0.6 is 0 Å². The first kappa shape index (κ1) is 13.7. The third-order valence-corrected chi connectivity index (χ3v) is 3.79. The minimum Gasteiger partial charge on any atom is -0.468 e. The molecular formula is C18H16N4O. The van der Waals surface area contributed by atoms with Crippen molar-refractivity contribution >= 4 is 11.0 Å². The highest BCUT2D eigenvalue weighted by Crippen LogP contribution is 2.23. The third-order valence-electron chi connectivity index (χ3n) is 3.79. The van der Waals surface area contributed by atoms with Crippen molar-refractivity contribution in [1.29, 1.82) is 0 Å². The molecule has 114 valence electrons. The average Bonchev–Trinajstić information content (AvgIpc) is 3.10. The van der Waals surface area contributed by atoms with E-state index in [0.29, 0.717) is 18.4 Å². The van der Waals surface area contributed by atoms with Gasteiger partial charge in [-0.3, -0.25) is 0 Å². The van der Waals surface area contributed by atoms with Crippen LogP contribution in [-0.4, -0.2) is 19.9 Å². The summed E-state index contributed by atoms with van der Waals surface area (Å²) in [7, 11) is 0. The molecule has 1 N–H and O–H groups in total. The van der Waals surface area contributed by atoms with Crippen LogP contribution in [0.2, 0.25) is 0 Å². The van der Waals surface area contributed by atoms with E-state index in [4.69, 9.17) is 4.74 Å². The standard InChI is InChI=1S/C18H16N4O/c1-2-6-13(7-3-1)16-10-20-17(21-16)12-23-18-11-19-14-8-4-5-9-15(14)22-18/h1-6,8-11,13H,7,12H2,(H,20,21). The lowest BCUT2D eigenvalue weighted by molar-refractivity contribution is 0.285. The molecule has 1 aromatic carbocycles. The Labute approximate surface area is 133 Å². The van der Waals surface area contributed by atoms with Crippen LogP contribution in [-0.2, 0) is 6.61 Å². The summed E-state index contributed by atoms with van der Waals surface area (Å²) in [5, 5.41) is 0. The molecule has 0 spiro atoms. The second kappa shape index (κ2) is 6.04. The smallest absolute Gasteiger partial charge is 0.233 e. The molecule has 0 radical (unpaired) electrons. The number of aromatic amines is 1. The van der Waals surface area contributed by atoms with Crippen LogP contribution in [0.25, 0.3) is 11.0 Å². The fourth-order valence-electron chi connectivity index (χ4n) is 2.59. The van der Waals surface area contributed by atoms with E-state index in [-0.39, 0.29) is 0 Å². The number of aromatic nitrogens is 4. The molecule has 1 unspecified atom stereocenters. The van der Waals surface area contributed by atoms with Gasteiger partial charge in [-0.05, 0) is 18.6 Å². The summed E-state index contributed by atoms with van der Waals surface area (Å²) in [6.45, 7) is 0.347. The minimum absolute atomic E-state index is 0.338. The van der Waals surface area contributed by atoms with E-state index in [1.54, 1.807) is 6.20 Å². The molecule has 0 fully saturated rings. The van der Waals surface area contributed by atoms with Crippen molar-refractivity contribution in [2.24, 2.45) is 0 Å². The number of nitrogens with one attached hydrogen (secondary N) is 1. The van der Waals surface area contributed by atoms with Crippen LogP contribution in [0.1, 0.15) is 23.9 Å². The van der Waals surface area contributed by atoms with E-state index >= 15 is 0 Å². The third kappa shape index (κ3) is 2.99. The van der Waals surface area contributed by atoms with Gasteiger partial charge in [-0.15, -0.1) is 0 Å². The first-order chi connectivity index (χ1) is 11.4. The minimum atomic E-state index is 0.338. The number of hydrogen-bond acceptors (Lipinski definition) is 4. The van der Waals surface area contributed by atoms with Gasteiger partial charge in [0.15, 0.2) is 0 Å². The highest BCUT2D eigenvalue weighted by Gasteiger charge is 2.12. The van der Waals surface area contributed by atoms with E-state index < -0.39 is 0 Å². The Balaban J connectivity index is 1.45. The normalized spacial score (nSPS) is 16.8. The second-order valence-electron chi connectivity index (χ2n) is 5.41. The fourth-order valence-corrected chi connectivity index (χ4v) is 2.59. The van der Waals surface area contributed by atoms with E-state index in [9.17, 15) is 0 Å². The molecule has 2 aromatic heterocycles. The van der Waals surface area contributed by atoms with Crippen molar-refractivity contribution in [3.8, 4) is 5.88 Å². The van der Waals surface area contributed by atoms with Gasteiger partial charge in [0.1, 0.15) is 12.4 Å². The molecule has 4 rings (SSSR count). The monoisotopic (exact) mass is 304 g/mol. The highest BCUT2D eigenvalue weighted by molar-refractivity contribution is 5.73. The van der Waals surface area contributed by atoms with Gasteiger partial charge < -0.3 is 9.72 Å². The second-order valence-corrected chi connectivity index (χ2v) is 5.41. The Hall–Kier alpha value is -2.95. The number of ether oxygens (including phenoxy) is 1. The summed E-state index contributed by atoms with van der Waals surface area (Å²) in [5.41, 5.74) is 2.72. The number of benzene rings is 1. The molecule has 1 atom stereocenters. The molecule has 0 saturated heterocycles. The maximum Gasteiger partial charge on any atom is 0.233 e. The van der Waals surface area contributed by atoms with Gasteiger partial charge in [0.25, 0.3) is 0 Å². The molecule has 0 bridgehead atoms. The molecule has 23 heavy (non-hydrogen) atoms. The van der Waals surface area contributed by atoms with E-state index in [0.717, 1.165) is 29.0 Å². The molecule has 0 saturated carbocycles. The zero-order chi connectivity index (χ0) is 15.5. The summed E-state index contributed by atoms with van der Waals surface area (Å²) in [4.78, 5) is 16.5. The molecule has 0 aliphatic heterocycles. The van der Waals surface area contributed by atoms with Crippen LogP contribution < -0.4 is 4.74 Å². The van der Waals surface area contributed by atoms with E-state index in [2.05, 4.69) is 44.2 Å². The molecule has 5 heteroatoms. The summed E-state index contributed by atoms with van der Waals surface area (Å²) in [5.74, 6) is 1.63. The number of fused-ring (bicyclic) bond motifs is 1. The van der Waals surface area contributed by atoms with Crippen molar-refractivity contribution in [3.05, 3.63) is 72.5 Å². The molecule has 3 aromatic rings. The first-order valence-corrected chi connectivity index (χ1v) is 7.60. The summed E-state index contributed by atoms with van der Waals surface area (Å²) >= 11 is 0. The Bertz CT molecular complexity index is 881. The predicted octanol–water partition coefficient (Wildman–Crippen LogP) is 3.53. The lowest BCUT2D eigenvalue weighted by Crippen LogP contribution is -2.01. The summed E-state index contributed by atoms with van der Waals surface area (Å²) in [6, 6.07) is 7.72. The Morgan fingerprint density at radius 3 is 2.91 bits per heavy atom. The molecule has 1 aliphatic carbocycles. The van der Waals surface area contributed by atoms with E-state index in [1.807, 2.05) is 30.5 Å². The zero-order valence-corrected chi connectivity index (χ0v) is 12.5. The van der Waals surface area contributed by atoms with Gasteiger partial charge >= 0.3 is 0 Å². The molecule has 5 nitrogen and oxygen atoms in total. The predicted molar refractivity (Wildman–Crippen MR) is 88.1 cm³/mol. The van der Waals surface area contributed by atoms with Gasteiger partial charge in [0, 0.05) is 12.1 Å². The van der Waals surface area contributed by atoms with Gasteiger partial charge in [-0.2, -0.15) is 0 Å². The number of H-pyrrole nitrogens is 1. The van der Waals surface area contributed by atoms with Gasteiger partial charge in [0.05, 0.1) is 22.9 Å². The number of para-hydroxylation sites is 2. The topological polar surface area (TPSA) is 63.7 Å². The van der Waals surface area contributed by atoms with Crippen LogP contribution in [0.4, 0.5) is 0 Å². The maximum absolute atomic E-state index is 5.70. The van der Waals surface area contributed by atoms with Crippen molar-refractivity contribution in [2.45, 2.75) is 18.9 Å². The van der Waals surface area contributed by atoms with Gasteiger partial charge in [-0.25, -0.2) is 15.0 Å². The number of allylic oxidation sites excluding steroid dienone is 4. The van der Waals surface area contributed by atoms with Crippen LogP contribution in [0, 0.1) is 0 Å². The van der Waals surface area contributed by atoms with Crippen LogP contribution in [0.5, 0.6) is 5.88 Å². The van der Waals surface area contributed by atoms with E-state index in [1.165, 1.54) is 0 Å². The maximum atomic E-state index is 5.70. The summed E-state index contributed by atoms with van der Waals surface area (Å²) < 4.78 is 5.70. The van der Waals surface area contributed by atoms with Crippen LogP contribution in [0.3, 0.4) is 0 Å². The lowest BCUT2D eigenvalue weighted by Gasteiger charge is -2.09. The number of imidazole rings is 1. The first-order valence-electron chi connectivity index (χ1n) is 7.60. The molecular weight excluding hydrogens is 288 g/mol. The molecule has 1 aliphatic rings. The molecule has 0 amide bonds. The number of nitrogens with zero attached hydrogens (tertiary/aromatic N) is 3. The molecule has 2 heterocycles. The average molecular weight is 304 g/mol. The van der Waals surface area contributed by atoms with Gasteiger partial charge in [0.2, 0.25) is 5.88 Å². The number of rotatable bonds is 4. The fraction of sp³-hybridized carbons (Fsp3) is 0.167. The number of hydrogen-bond donors (Lipinski definition) is 1. The highest BCUT2D eigenvalue weighted by atomic mass is 16.5. The Morgan fingerprint density at radius 2 is 2.04 bits per heavy atom. The van der Waals surface area contributed by atoms with Crippen molar-refractivity contribution < 1.29 is 4.74 Å². The largest absolute Gasteiger partial charge is 0.468 e. The van der Waals surface area contributed by atoms with Crippen LogP contribution in [0.15, 0.2) is 61.0 Å². The quantitative estimate of drug-likeness (QED) is 0.801. The SMILES string of the molecule is C1=CCC(c2c[nH]c(COc3cnc4ccccc4n3)n2)C=C1. The van der Waals surface area contributed by atoms with Gasteiger partial charge in [-0.1, -0.05) is 36.4 Å². The zero-order valence-electron chi connectivity index (χ0n) is 12.5. The van der Waals surface area contributed by atoms with Crippen molar-refractivity contribution in [3.63, 3.8) is 0 Å². The Kier molecular flexibility index (Phi) is 3.60. The lowest BCUT2D eigenvalue weighted by atomic mass is 9.98. The summed E-state index contributed by atoms with van der Waals surface area (Å²) in [6.07, 6.45) is 13.0. The van der Waals surface area contributed by atoms with Crippen molar-refractivity contribution in [2.75, 3.05) is 0 Å².